The highest BCUT2D eigenvalue weighted by Crippen LogP contribution is 2.20. The SMILES string of the molecule is CC(C)[C@H](NC(=O)CNC(=O)[C@@H](N)Cc1c[nH]c2ccccc12)C(=O)N[C@@H](Cc1cnc[nH]1)C(=O)N[C@@H](Cc1cnc[nH]1)C(=O)N1CCC[C@H]1C(=O)O. The molecule has 0 saturated carbocycles. The molecule has 10 N–H and O–H groups in total. The Balaban J connectivity index is 1.23. The molecular formula is C35H45N11O7. The number of carboxylic acid groups (broad SMARTS) is 1. The number of para-hydroxylation sites is 1. The minimum absolute atomic E-state index is 0.0139. The summed E-state index contributed by atoms with van der Waals surface area (Å²) >= 11 is 0. The van der Waals surface area contributed by atoms with E-state index in [1.807, 2.05) is 24.3 Å². The number of likely N-dealkylation sites (tertiary alicyclic amines) is 1. The van der Waals surface area contributed by atoms with Crippen molar-refractivity contribution >= 4 is 46.4 Å². The van der Waals surface area contributed by atoms with E-state index in [9.17, 15) is 33.9 Å². The molecule has 0 unspecified atom stereocenters. The van der Waals surface area contributed by atoms with Gasteiger partial charge >= 0.3 is 5.97 Å². The van der Waals surface area contributed by atoms with Crippen LogP contribution >= 0.6 is 0 Å². The Kier molecular flexibility index (Phi) is 12.6. The van der Waals surface area contributed by atoms with E-state index in [1.54, 1.807) is 20.0 Å². The van der Waals surface area contributed by atoms with Crippen LogP contribution in [0.2, 0.25) is 0 Å². The Hall–Kier alpha value is -6.04. The number of H-pyrrole nitrogens is 3. The zero-order valence-electron chi connectivity index (χ0n) is 29.4. The second-order valence-corrected chi connectivity index (χ2v) is 13.4. The molecule has 0 radical (unpaired) electrons. The van der Waals surface area contributed by atoms with Crippen LogP contribution in [0.15, 0.2) is 55.5 Å². The van der Waals surface area contributed by atoms with Gasteiger partial charge in [0.05, 0.1) is 25.2 Å². The van der Waals surface area contributed by atoms with Crippen LogP contribution in [-0.4, -0.2) is 114 Å². The van der Waals surface area contributed by atoms with Crippen LogP contribution < -0.4 is 27.0 Å². The number of nitrogens with zero attached hydrogens (tertiary/aromatic N) is 3. The minimum Gasteiger partial charge on any atom is -0.480 e. The fraction of sp³-hybridized carbons (Fsp3) is 0.429. The fourth-order valence-corrected chi connectivity index (χ4v) is 6.35. The number of hydrogen-bond acceptors (Lipinski definition) is 9. The largest absolute Gasteiger partial charge is 0.480 e. The lowest BCUT2D eigenvalue weighted by atomic mass is 10.0. The Morgan fingerprint density at radius 3 is 2.19 bits per heavy atom. The van der Waals surface area contributed by atoms with E-state index in [0.717, 1.165) is 16.5 Å². The molecule has 1 aliphatic rings. The number of fused-ring (bicyclic) bond motifs is 1. The first-order chi connectivity index (χ1) is 25.4. The topological polar surface area (TPSA) is 273 Å². The van der Waals surface area contributed by atoms with Gasteiger partial charge in [-0.25, -0.2) is 14.8 Å². The second kappa shape index (κ2) is 17.5. The molecule has 18 heteroatoms. The first-order valence-corrected chi connectivity index (χ1v) is 17.4. The summed E-state index contributed by atoms with van der Waals surface area (Å²) in [4.78, 5) is 97.1. The highest BCUT2D eigenvalue weighted by molar-refractivity contribution is 5.96. The number of nitrogens with one attached hydrogen (secondary N) is 7. The van der Waals surface area contributed by atoms with Crippen molar-refractivity contribution in [2.45, 2.75) is 76.2 Å². The van der Waals surface area contributed by atoms with E-state index in [1.165, 1.54) is 29.9 Å². The van der Waals surface area contributed by atoms with Crippen LogP contribution in [0.25, 0.3) is 10.9 Å². The van der Waals surface area contributed by atoms with Crippen molar-refractivity contribution in [2.24, 2.45) is 11.7 Å². The molecule has 4 heterocycles. The number of nitrogens with two attached hydrogens (primary N) is 1. The van der Waals surface area contributed by atoms with Crippen LogP contribution in [0.1, 0.15) is 43.6 Å². The first-order valence-electron chi connectivity index (χ1n) is 17.4. The Bertz CT molecular complexity index is 1890. The van der Waals surface area contributed by atoms with E-state index in [2.05, 4.69) is 46.2 Å². The molecule has 1 aliphatic heterocycles. The number of amides is 5. The third kappa shape index (κ3) is 9.85. The summed E-state index contributed by atoms with van der Waals surface area (Å²) in [6, 6.07) is 2.11. The van der Waals surface area contributed by atoms with Gasteiger partial charge in [-0.15, -0.1) is 0 Å². The summed E-state index contributed by atoms with van der Waals surface area (Å²) in [5.41, 5.74) is 8.95. The molecule has 0 aliphatic carbocycles. The van der Waals surface area contributed by atoms with Crippen molar-refractivity contribution in [3.63, 3.8) is 0 Å². The number of imidazole rings is 2. The third-order valence-corrected chi connectivity index (χ3v) is 9.17. The molecule has 5 rings (SSSR count). The summed E-state index contributed by atoms with van der Waals surface area (Å²) in [5.74, 6) is -4.76. The van der Waals surface area contributed by atoms with Gasteiger partial charge < -0.3 is 52.0 Å². The van der Waals surface area contributed by atoms with Crippen molar-refractivity contribution < 1.29 is 33.9 Å². The van der Waals surface area contributed by atoms with Gasteiger partial charge in [-0.3, -0.25) is 24.0 Å². The van der Waals surface area contributed by atoms with Gasteiger partial charge in [0.1, 0.15) is 24.2 Å². The molecule has 4 aromatic rings. The maximum absolute atomic E-state index is 13.9. The monoisotopic (exact) mass is 731 g/mol. The fourth-order valence-electron chi connectivity index (χ4n) is 6.35. The molecule has 3 aromatic heterocycles. The summed E-state index contributed by atoms with van der Waals surface area (Å²) in [6.45, 7) is 3.18. The van der Waals surface area contributed by atoms with Crippen molar-refractivity contribution in [3.8, 4) is 0 Å². The van der Waals surface area contributed by atoms with Gasteiger partial charge in [0, 0.05) is 60.3 Å². The number of rotatable bonds is 17. The molecule has 0 bridgehead atoms. The Morgan fingerprint density at radius 1 is 0.887 bits per heavy atom. The first kappa shape index (κ1) is 38.2. The van der Waals surface area contributed by atoms with Crippen LogP contribution in [0.5, 0.6) is 0 Å². The average molecular weight is 732 g/mol. The number of benzene rings is 1. The zero-order valence-corrected chi connectivity index (χ0v) is 29.4. The molecule has 1 saturated heterocycles. The predicted molar refractivity (Wildman–Crippen MR) is 191 cm³/mol. The van der Waals surface area contributed by atoms with Gasteiger partial charge in [0.15, 0.2) is 0 Å². The van der Waals surface area contributed by atoms with Crippen molar-refractivity contribution in [1.82, 2.24) is 51.1 Å². The lowest BCUT2D eigenvalue weighted by Gasteiger charge is -2.29. The van der Waals surface area contributed by atoms with Gasteiger partial charge in [0.2, 0.25) is 29.5 Å². The molecule has 1 aromatic carbocycles. The number of carbonyl (C=O) groups is 6. The van der Waals surface area contributed by atoms with Gasteiger partial charge in [-0.05, 0) is 36.8 Å². The second-order valence-electron chi connectivity index (χ2n) is 13.4. The molecule has 18 nitrogen and oxygen atoms in total. The summed E-state index contributed by atoms with van der Waals surface area (Å²) < 4.78 is 0. The van der Waals surface area contributed by atoms with Gasteiger partial charge in [-0.2, -0.15) is 0 Å². The van der Waals surface area contributed by atoms with Gasteiger partial charge in [-0.1, -0.05) is 32.0 Å². The van der Waals surface area contributed by atoms with E-state index >= 15 is 0 Å². The molecule has 5 amide bonds. The van der Waals surface area contributed by atoms with Gasteiger partial charge in [0.25, 0.3) is 0 Å². The van der Waals surface area contributed by atoms with Crippen LogP contribution in [0, 0.1) is 5.92 Å². The van der Waals surface area contributed by atoms with Crippen LogP contribution in [0.3, 0.4) is 0 Å². The summed E-state index contributed by atoms with van der Waals surface area (Å²) in [6.07, 6.45) is 8.54. The maximum Gasteiger partial charge on any atom is 0.326 e. The van der Waals surface area contributed by atoms with Crippen LogP contribution in [0.4, 0.5) is 0 Å². The minimum atomic E-state index is -1.24. The number of carbonyl (C=O) groups excluding carboxylic acids is 5. The number of carboxylic acids is 1. The number of hydrogen-bond donors (Lipinski definition) is 9. The quantitative estimate of drug-likeness (QED) is 0.0657. The smallest absolute Gasteiger partial charge is 0.326 e. The zero-order chi connectivity index (χ0) is 38.1. The molecule has 5 atom stereocenters. The lowest BCUT2D eigenvalue weighted by molar-refractivity contribution is -0.149. The Morgan fingerprint density at radius 2 is 1.55 bits per heavy atom. The molecule has 53 heavy (non-hydrogen) atoms. The normalized spacial score (nSPS) is 16.5. The summed E-state index contributed by atoms with van der Waals surface area (Å²) in [7, 11) is 0. The molecule has 282 valence electrons. The van der Waals surface area contributed by atoms with E-state index in [0.29, 0.717) is 17.8 Å². The molecular weight excluding hydrogens is 686 g/mol. The van der Waals surface area contributed by atoms with Crippen LogP contribution in [-0.2, 0) is 48.0 Å². The third-order valence-electron chi connectivity index (χ3n) is 9.17. The summed E-state index contributed by atoms with van der Waals surface area (Å²) in [5, 5.41) is 21.2. The number of aromatic nitrogens is 5. The predicted octanol–water partition coefficient (Wildman–Crippen LogP) is -0.728. The van der Waals surface area contributed by atoms with E-state index < -0.39 is 78.2 Å². The molecule has 1 fully saturated rings. The van der Waals surface area contributed by atoms with Crippen molar-refractivity contribution in [3.05, 3.63) is 72.5 Å². The van der Waals surface area contributed by atoms with E-state index in [4.69, 9.17) is 5.73 Å². The average Bonchev–Trinajstić information content (AvgIpc) is 3.97. The number of aromatic amines is 3. The molecule has 0 spiro atoms. The highest BCUT2D eigenvalue weighted by Gasteiger charge is 2.39. The standard InChI is InChI=1S/C35H45N11O7/c1-19(2)30(45-29(47)16-40-31(48)24(36)10-20-13-39-25-7-4-3-6-23(20)25)33(50)43-26(11-21-14-37-17-41-21)32(49)44-27(12-22-15-38-18-42-22)34(51)46-9-5-8-28(46)35(52)53/h3-4,6-7,13-15,17-19,24,26-28,30,39H,5,8-12,16,36H2,1-2H3,(H,37,41)(H,38,42)(H,40,48)(H,43,50)(H,44,49)(H,45,47)(H,52,53)/t24-,26-,27-,28-,30-/m0/s1. The van der Waals surface area contributed by atoms with Crippen molar-refractivity contribution in [2.75, 3.05) is 13.1 Å². The highest BCUT2D eigenvalue weighted by atomic mass is 16.4. The lowest BCUT2D eigenvalue weighted by Crippen LogP contribution is -2.59. The van der Waals surface area contributed by atoms with E-state index in [-0.39, 0.29) is 32.2 Å². The van der Waals surface area contributed by atoms with Crippen molar-refractivity contribution in [1.29, 1.82) is 0 Å². The Labute approximate surface area is 304 Å². The number of aliphatic carboxylic acids is 1. The maximum atomic E-state index is 13.9.